The molecular weight excluding hydrogens is 214 g/mol. The maximum Gasteiger partial charge on any atom is 0.229 e. The van der Waals surface area contributed by atoms with Crippen LogP contribution in [0.15, 0.2) is 36.7 Å². The molecule has 0 saturated heterocycles. The summed E-state index contributed by atoms with van der Waals surface area (Å²) in [6.07, 6.45) is 4.54. The lowest BCUT2D eigenvalue weighted by molar-refractivity contribution is 0.414. The fourth-order valence-corrected chi connectivity index (χ4v) is 2.14. The van der Waals surface area contributed by atoms with Crippen LogP contribution in [0.4, 0.5) is 11.6 Å². The number of fused-ring (bicyclic) bond motifs is 1. The number of nitrogens with zero attached hydrogens (tertiary/aromatic N) is 3. The van der Waals surface area contributed by atoms with E-state index in [2.05, 4.69) is 27.0 Å². The fourth-order valence-electron chi connectivity index (χ4n) is 2.14. The van der Waals surface area contributed by atoms with E-state index in [-0.39, 0.29) is 0 Å². The van der Waals surface area contributed by atoms with E-state index >= 15 is 0 Å². The molecule has 4 heteroatoms. The van der Waals surface area contributed by atoms with Crippen LogP contribution in [-0.2, 0) is 6.42 Å². The van der Waals surface area contributed by atoms with Crippen LogP contribution in [0.25, 0.3) is 0 Å². The summed E-state index contributed by atoms with van der Waals surface area (Å²) in [7, 11) is 1.69. The first-order valence-corrected chi connectivity index (χ1v) is 5.60. The van der Waals surface area contributed by atoms with E-state index in [1.54, 1.807) is 19.5 Å². The zero-order valence-electron chi connectivity index (χ0n) is 9.63. The second-order valence-corrected chi connectivity index (χ2v) is 3.95. The van der Waals surface area contributed by atoms with Crippen LogP contribution < -0.4 is 9.64 Å². The van der Waals surface area contributed by atoms with Crippen molar-refractivity contribution in [2.75, 3.05) is 18.6 Å². The lowest BCUT2D eigenvalue weighted by atomic mass is 10.1. The van der Waals surface area contributed by atoms with Gasteiger partial charge < -0.3 is 9.64 Å². The zero-order chi connectivity index (χ0) is 11.7. The first-order chi connectivity index (χ1) is 8.38. The maximum absolute atomic E-state index is 5.23. The third-order valence-electron chi connectivity index (χ3n) is 2.98. The summed E-state index contributed by atoms with van der Waals surface area (Å²) in [5.74, 6) is 1.66. The topological polar surface area (TPSA) is 38.2 Å². The summed E-state index contributed by atoms with van der Waals surface area (Å²) in [5, 5.41) is 0. The Labute approximate surface area is 99.9 Å². The molecule has 1 aromatic heterocycles. The van der Waals surface area contributed by atoms with Crippen molar-refractivity contribution in [2.45, 2.75) is 6.42 Å². The van der Waals surface area contributed by atoms with Gasteiger partial charge in [0, 0.05) is 24.6 Å². The van der Waals surface area contributed by atoms with Gasteiger partial charge in [0.2, 0.25) is 5.95 Å². The van der Waals surface area contributed by atoms with Crippen LogP contribution in [0.1, 0.15) is 5.56 Å². The Balaban J connectivity index is 1.99. The Morgan fingerprint density at radius 1 is 1.24 bits per heavy atom. The normalized spacial score (nSPS) is 13.6. The first-order valence-electron chi connectivity index (χ1n) is 5.60. The van der Waals surface area contributed by atoms with Crippen molar-refractivity contribution < 1.29 is 4.74 Å². The number of methoxy groups -OCH3 is 1. The van der Waals surface area contributed by atoms with Crippen molar-refractivity contribution in [1.29, 1.82) is 0 Å². The van der Waals surface area contributed by atoms with E-state index < -0.39 is 0 Å². The van der Waals surface area contributed by atoms with Crippen LogP contribution in [0.2, 0.25) is 0 Å². The second kappa shape index (κ2) is 4.05. The molecule has 0 aliphatic carbocycles. The molecule has 0 saturated carbocycles. The van der Waals surface area contributed by atoms with Crippen LogP contribution in [-0.4, -0.2) is 23.6 Å². The van der Waals surface area contributed by atoms with Gasteiger partial charge in [-0.15, -0.1) is 0 Å². The lowest BCUT2D eigenvalue weighted by Crippen LogP contribution is -2.15. The Hall–Kier alpha value is -2.10. The molecular formula is C13H13N3O. The molecule has 0 spiro atoms. The SMILES string of the molecule is COc1ccc2c(c1)CCN2c1ncccn1. The molecule has 86 valence electrons. The molecule has 0 N–H and O–H groups in total. The summed E-state index contributed by atoms with van der Waals surface area (Å²) in [6, 6.07) is 7.95. The largest absolute Gasteiger partial charge is 0.497 e. The van der Waals surface area contributed by atoms with Gasteiger partial charge in [-0.2, -0.15) is 0 Å². The molecule has 0 bridgehead atoms. The van der Waals surface area contributed by atoms with Crippen LogP contribution >= 0.6 is 0 Å². The molecule has 1 aliphatic heterocycles. The van der Waals surface area contributed by atoms with Gasteiger partial charge in [-0.25, -0.2) is 9.97 Å². The van der Waals surface area contributed by atoms with E-state index in [0.29, 0.717) is 0 Å². The van der Waals surface area contributed by atoms with Crippen molar-refractivity contribution in [3.63, 3.8) is 0 Å². The Kier molecular flexibility index (Phi) is 2.40. The number of anilines is 2. The highest BCUT2D eigenvalue weighted by atomic mass is 16.5. The molecule has 2 aromatic rings. The quantitative estimate of drug-likeness (QED) is 0.788. The minimum atomic E-state index is 0.761. The van der Waals surface area contributed by atoms with Gasteiger partial charge in [0.15, 0.2) is 0 Å². The minimum absolute atomic E-state index is 0.761. The van der Waals surface area contributed by atoms with Gasteiger partial charge in [0.25, 0.3) is 0 Å². The van der Waals surface area contributed by atoms with E-state index in [4.69, 9.17) is 4.74 Å². The molecule has 0 amide bonds. The van der Waals surface area contributed by atoms with Gasteiger partial charge in [-0.05, 0) is 36.2 Å². The standard InChI is InChI=1S/C13H13N3O/c1-17-11-3-4-12-10(9-11)5-8-16(12)13-14-6-2-7-15-13/h2-4,6-7,9H,5,8H2,1H3. The lowest BCUT2D eigenvalue weighted by Gasteiger charge is -2.16. The van der Waals surface area contributed by atoms with Crippen molar-refractivity contribution in [3.8, 4) is 5.75 Å². The highest BCUT2D eigenvalue weighted by Crippen LogP contribution is 2.34. The van der Waals surface area contributed by atoms with Crippen molar-refractivity contribution in [3.05, 3.63) is 42.2 Å². The fraction of sp³-hybridized carbons (Fsp3) is 0.231. The number of hydrogen-bond acceptors (Lipinski definition) is 4. The van der Waals surface area contributed by atoms with E-state index in [9.17, 15) is 0 Å². The van der Waals surface area contributed by atoms with Crippen molar-refractivity contribution in [1.82, 2.24) is 9.97 Å². The molecule has 1 aliphatic rings. The van der Waals surface area contributed by atoms with Gasteiger partial charge in [0.1, 0.15) is 5.75 Å². The Morgan fingerprint density at radius 3 is 2.82 bits per heavy atom. The van der Waals surface area contributed by atoms with Gasteiger partial charge >= 0.3 is 0 Å². The summed E-state index contributed by atoms with van der Waals surface area (Å²) in [5.41, 5.74) is 2.47. The zero-order valence-corrected chi connectivity index (χ0v) is 9.63. The molecule has 0 unspecified atom stereocenters. The number of rotatable bonds is 2. The Morgan fingerprint density at radius 2 is 2.06 bits per heavy atom. The van der Waals surface area contributed by atoms with Gasteiger partial charge in [-0.3, -0.25) is 0 Å². The van der Waals surface area contributed by atoms with Crippen LogP contribution in [0, 0.1) is 0 Å². The molecule has 0 radical (unpaired) electrons. The van der Waals surface area contributed by atoms with E-state index in [1.165, 1.54) is 11.3 Å². The number of hydrogen-bond donors (Lipinski definition) is 0. The van der Waals surface area contributed by atoms with Crippen LogP contribution in [0.5, 0.6) is 5.75 Å². The highest BCUT2D eigenvalue weighted by molar-refractivity contribution is 5.66. The molecule has 0 fully saturated rings. The average Bonchev–Trinajstić information content (AvgIpc) is 2.82. The number of ether oxygens (including phenoxy) is 1. The molecule has 3 rings (SSSR count). The van der Waals surface area contributed by atoms with Crippen molar-refractivity contribution >= 4 is 11.6 Å². The summed E-state index contributed by atoms with van der Waals surface area (Å²) in [6.45, 7) is 0.923. The summed E-state index contributed by atoms with van der Waals surface area (Å²) >= 11 is 0. The van der Waals surface area contributed by atoms with Crippen LogP contribution in [0.3, 0.4) is 0 Å². The summed E-state index contributed by atoms with van der Waals surface area (Å²) < 4.78 is 5.23. The molecule has 1 aromatic carbocycles. The van der Waals surface area contributed by atoms with E-state index in [0.717, 1.165) is 24.7 Å². The molecule has 17 heavy (non-hydrogen) atoms. The third-order valence-corrected chi connectivity index (χ3v) is 2.98. The first kappa shape index (κ1) is 10.1. The molecule has 0 atom stereocenters. The maximum atomic E-state index is 5.23. The second-order valence-electron chi connectivity index (χ2n) is 3.95. The predicted octanol–water partition coefficient (Wildman–Crippen LogP) is 2.18. The Bertz CT molecular complexity index is 527. The number of benzene rings is 1. The predicted molar refractivity (Wildman–Crippen MR) is 65.7 cm³/mol. The van der Waals surface area contributed by atoms with Gasteiger partial charge in [0.05, 0.1) is 7.11 Å². The summed E-state index contributed by atoms with van der Waals surface area (Å²) in [4.78, 5) is 10.7. The number of aromatic nitrogens is 2. The minimum Gasteiger partial charge on any atom is -0.497 e. The highest BCUT2D eigenvalue weighted by Gasteiger charge is 2.22. The smallest absolute Gasteiger partial charge is 0.229 e. The molecule has 4 nitrogen and oxygen atoms in total. The van der Waals surface area contributed by atoms with Gasteiger partial charge in [-0.1, -0.05) is 0 Å². The average molecular weight is 227 g/mol. The third kappa shape index (κ3) is 1.71. The monoisotopic (exact) mass is 227 g/mol. The van der Waals surface area contributed by atoms with Crippen molar-refractivity contribution in [2.24, 2.45) is 0 Å². The van der Waals surface area contributed by atoms with E-state index in [1.807, 2.05) is 12.1 Å². The molecule has 2 heterocycles.